The van der Waals surface area contributed by atoms with Gasteiger partial charge in [-0.15, -0.1) is 0 Å². The van der Waals surface area contributed by atoms with E-state index in [0.717, 1.165) is 0 Å². The van der Waals surface area contributed by atoms with Crippen LogP contribution in [-0.2, 0) is 4.79 Å². The molecule has 1 unspecified atom stereocenters. The molecule has 0 aromatic rings. The molecule has 0 bridgehead atoms. The minimum Gasteiger partial charge on any atom is -0.481 e. The zero-order valence-corrected chi connectivity index (χ0v) is 9.66. The maximum Gasteiger partial charge on any atom is 0.315 e. The van der Waals surface area contributed by atoms with Crippen LogP contribution in [0.4, 0.5) is 9.59 Å². The quantitative estimate of drug-likeness (QED) is 0.376. The van der Waals surface area contributed by atoms with Gasteiger partial charge in [-0.2, -0.15) is 0 Å². The second-order valence-electron chi connectivity index (χ2n) is 3.39. The smallest absolute Gasteiger partial charge is 0.315 e. The van der Waals surface area contributed by atoms with E-state index in [1.54, 1.807) is 6.92 Å². The minimum atomic E-state index is -0.965. The van der Waals surface area contributed by atoms with E-state index >= 15 is 0 Å². The lowest BCUT2D eigenvalue weighted by Crippen LogP contribution is -2.45. The molecule has 8 heteroatoms. The van der Waals surface area contributed by atoms with Crippen molar-refractivity contribution in [1.82, 2.24) is 16.0 Å². The van der Waals surface area contributed by atoms with Crippen molar-refractivity contribution in [2.24, 2.45) is 5.73 Å². The summed E-state index contributed by atoms with van der Waals surface area (Å²) in [5, 5.41) is 15.8. The van der Waals surface area contributed by atoms with Gasteiger partial charge < -0.3 is 26.8 Å². The first kappa shape index (κ1) is 15.0. The average Bonchev–Trinajstić information content (AvgIpc) is 2.22. The molecule has 1 atom stereocenters. The molecule has 0 aliphatic heterocycles. The molecule has 98 valence electrons. The largest absolute Gasteiger partial charge is 0.481 e. The number of primary amides is 1. The third-order valence-corrected chi connectivity index (χ3v) is 1.96. The van der Waals surface area contributed by atoms with E-state index in [-0.39, 0.29) is 19.5 Å². The fraction of sp³-hybridized carbons (Fsp3) is 0.667. The fourth-order valence-corrected chi connectivity index (χ4v) is 1.11. The number of hydrogen-bond acceptors (Lipinski definition) is 3. The van der Waals surface area contributed by atoms with Crippen molar-refractivity contribution in [3.63, 3.8) is 0 Å². The van der Waals surface area contributed by atoms with Crippen molar-refractivity contribution in [2.45, 2.75) is 25.8 Å². The molecule has 0 fully saturated rings. The summed E-state index contributed by atoms with van der Waals surface area (Å²) >= 11 is 0. The second-order valence-corrected chi connectivity index (χ2v) is 3.39. The minimum absolute atomic E-state index is 0.122. The van der Waals surface area contributed by atoms with Gasteiger partial charge in [0.2, 0.25) is 0 Å². The molecular formula is C9H18N4O4. The number of carboxylic acid groups (broad SMARTS) is 1. The standard InChI is InChI=1S/C9H18N4O4/c1-2-6(5-7(14)15)13-9(17)12-4-3-11-8(10)16/h6H,2-5H2,1H3,(H,14,15)(H3,10,11,16)(H2,12,13,17). The Morgan fingerprint density at radius 3 is 2.29 bits per heavy atom. The first-order chi connectivity index (χ1) is 7.95. The van der Waals surface area contributed by atoms with E-state index in [0.29, 0.717) is 6.42 Å². The summed E-state index contributed by atoms with van der Waals surface area (Å²) in [5.74, 6) is -0.965. The highest BCUT2D eigenvalue weighted by molar-refractivity contribution is 5.76. The highest BCUT2D eigenvalue weighted by Crippen LogP contribution is 1.96. The Hall–Kier alpha value is -1.99. The number of carboxylic acids is 1. The van der Waals surface area contributed by atoms with Crippen molar-refractivity contribution in [2.75, 3.05) is 13.1 Å². The summed E-state index contributed by atoms with van der Waals surface area (Å²) in [4.78, 5) is 32.0. The number of hydrogen-bond donors (Lipinski definition) is 5. The van der Waals surface area contributed by atoms with E-state index in [1.165, 1.54) is 0 Å². The van der Waals surface area contributed by atoms with Crippen molar-refractivity contribution < 1.29 is 19.5 Å². The molecular weight excluding hydrogens is 228 g/mol. The summed E-state index contributed by atoms with van der Waals surface area (Å²) in [6.45, 7) is 2.22. The van der Waals surface area contributed by atoms with E-state index in [9.17, 15) is 14.4 Å². The van der Waals surface area contributed by atoms with Crippen molar-refractivity contribution in [1.29, 1.82) is 0 Å². The maximum absolute atomic E-state index is 11.3. The number of urea groups is 2. The van der Waals surface area contributed by atoms with Crippen molar-refractivity contribution >= 4 is 18.0 Å². The van der Waals surface area contributed by atoms with Crippen LogP contribution in [0.1, 0.15) is 19.8 Å². The molecule has 4 amide bonds. The van der Waals surface area contributed by atoms with Crippen molar-refractivity contribution in [3.8, 4) is 0 Å². The Morgan fingerprint density at radius 1 is 1.24 bits per heavy atom. The molecule has 0 saturated heterocycles. The van der Waals surface area contributed by atoms with Gasteiger partial charge in [0.05, 0.1) is 6.42 Å². The molecule has 0 aromatic heterocycles. The summed E-state index contributed by atoms with van der Waals surface area (Å²) < 4.78 is 0. The maximum atomic E-state index is 11.3. The first-order valence-electron chi connectivity index (χ1n) is 5.25. The zero-order valence-electron chi connectivity index (χ0n) is 9.66. The Morgan fingerprint density at radius 2 is 1.82 bits per heavy atom. The van der Waals surface area contributed by atoms with Crippen LogP contribution in [0, 0.1) is 0 Å². The predicted molar refractivity (Wildman–Crippen MR) is 60.5 cm³/mol. The highest BCUT2D eigenvalue weighted by atomic mass is 16.4. The Bertz CT molecular complexity index is 282. The molecule has 0 radical (unpaired) electrons. The van der Waals surface area contributed by atoms with Crippen LogP contribution >= 0.6 is 0 Å². The van der Waals surface area contributed by atoms with Gasteiger partial charge in [-0.3, -0.25) is 4.79 Å². The van der Waals surface area contributed by atoms with E-state index in [1.807, 2.05) is 0 Å². The number of nitrogens with two attached hydrogens (primary N) is 1. The van der Waals surface area contributed by atoms with Crippen LogP contribution in [0.15, 0.2) is 0 Å². The van der Waals surface area contributed by atoms with Crippen LogP contribution in [0.2, 0.25) is 0 Å². The molecule has 0 aliphatic rings. The van der Waals surface area contributed by atoms with E-state index in [2.05, 4.69) is 16.0 Å². The molecule has 0 aromatic carbocycles. The van der Waals surface area contributed by atoms with Gasteiger partial charge in [0.25, 0.3) is 0 Å². The fourth-order valence-electron chi connectivity index (χ4n) is 1.11. The second kappa shape index (κ2) is 8.20. The average molecular weight is 246 g/mol. The molecule has 8 nitrogen and oxygen atoms in total. The number of amides is 4. The normalized spacial score (nSPS) is 11.4. The lowest BCUT2D eigenvalue weighted by atomic mass is 10.1. The van der Waals surface area contributed by atoms with Gasteiger partial charge in [0, 0.05) is 19.1 Å². The van der Waals surface area contributed by atoms with Gasteiger partial charge in [0.1, 0.15) is 0 Å². The number of carbonyl (C=O) groups excluding carboxylic acids is 2. The van der Waals surface area contributed by atoms with Gasteiger partial charge in [0.15, 0.2) is 0 Å². The molecule has 17 heavy (non-hydrogen) atoms. The number of nitrogens with one attached hydrogen (secondary N) is 3. The first-order valence-corrected chi connectivity index (χ1v) is 5.25. The van der Waals surface area contributed by atoms with Gasteiger partial charge >= 0.3 is 18.0 Å². The summed E-state index contributed by atoms with van der Waals surface area (Å²) in [7, 11) is 0. The monoisotopic (exact) mass is 246 g/mol. The zero-order chi connectivity index (χ0) is 13.3. The van der Waals surface area contributed by atoms with E-state index < -0.39 is 24.1 Å². The predicted octanol–water partition coefficient (Wildman–Crippen LogP) is -0.793. The van der Waals surface area contributed by atoms with Crippen molar-refractivity contribution in [3.05, 3.63) is 0 Å². The highest BCUT2D eigenvalue weighted by Gasteiger charge is 2.13. The SMILES string of the molecule is CCC(CC(=O)O)NC(=O)NCCNC(N)=O. The molecule has 0 spiro atoms. The third kappa shape index (κ3) is 8.97. The summed E-state index contributed by atoms with van der Waals surface area (Å²) in [5.41, 5.74) is 4.82. The van der Waals surface area contributed by atoms with Crippen LogP contribution < -0.4 is 21.7 Å². The Kier molecular flexibility index (Phi) is 7.24. The van der Waals surface area contributed by atoms with Gasteiger partial charge in [-0.05, 0) is 6.42 Å². The van der Waals surface area contributed by atoms with Crippen LogP contribution in [0.3, 0.4) is 0 Å². The molecule has 0 heterocycles. The molecule has 0 aliphatic carbocycles. The number of aliphatic carboxylic acids is 1. The lowest BCUT2D eigenvalue weighted by molar-refractivity contribution is -0.137. The summed E-state index contributed by atoms with van der Waals surface area (Å²) in [6, 6.07) is -1.54. The Balaban J connectivity index is 3.75. The van der Waals surface area contributed by atoms with Crippen LogP contribution in [0.25, 0.3) is 0 Å². The Labute approximate surface area is 98.9 Å². The van der Waals surface area contributed by atoms with E-state index in [4.69, 9.17) is 10.8 Å². The molecule has 6 N–H and O–H groups in total. The molecule has 0 rings (SSSR count). The number of carbonyl (C=O) groups is 3. The lowest BCUT2D eigenvalue weighted by Gasteiger charge is -2.15. The van der Waals surface area contributed by atoms with Crippen LogP contribution in [-0.4, -0.2) is 42.3 Å². The molecule has 0 saturated carbocycles. The topological polar surface area (TPSA) is 134 Å². The van der Waals surface area contributed by atoms with Gasteiger partial charge in [-0.25, -0.2) is 9.59 Å². The summed E-state index contributed by atoms with van der Waals surface area (Å²) in [6.07, 6.45) is 0.405. The number of rotatable bonds is 7. The van der Waals surface area contributed by atoms with Crippen LogP contribution in [0.5, 0.6) is 0 Å². The van der Waals surface area contributed by atoms with Gasteiger partial charge in [-0.1, -0.05) is 6.92 Å². The third-order valence-electron chi connectivity index (χ3n) is 1.96.